The van der Waals surface area contributed by atoms with Crippen molar-refractivity contribution in [3.05, 3.63) is 29.8 Å². The Hall–Kier alpha value is -0.780. The number of nitrogens with one attached hydrogen (secondary N) is 1. The van der Waals surface area contributed by atoms with Crippen molar-refractivity contribution in [2.24, 2.45) is 0 Å². The van der Waals surface area contributed by atoms with E-state index in [1.54, 1.807) is 0 Å². The summed E-state index contributed by atoms with van der Waals surface area (Å²) in [5, 5.41) is 0. The van der Waals surface area contributed by atoms with Crippen LogP contribution in [0.15, 0.2) is 24.3 Å². The summed E-state index contributed by atoms with van der Waals surface area (Å²) in [7, 11) is -3.31. The molecule has 21 heavy (non-hydrogen) atoms. The van der Waals surface area contributed by atoms with E-state index >= 15 is 0 Å². The Balaban J connectivity index is 2.77. The molecular formula is C15H24ClNO3S. The third-order valence-corrected chi connectivity index (χ3v) is 4.71. The average Bonchev–Trinajstić information content (AvgIpc) is 2.38. The molecule has 0 saturated carbocycles. The van der Waals surface area contributed by atoms with Crippen molar-refractivity contribution < 1.29 is 13.2 Å². The Morgan fingerprint density at radius 3 is 2.48 bits per heavy atom. The van der Waals surface area contributed by atoms with Crippen LogP contribution in [-0.4, -0.2) is 26.2 Å². The molecule has 1 rings (SSSR count). The molecule has 0 spiro atoms. The van der Waals surface area contributed by atoms with Crippen molar-refractivity contribution in [3.63, 3.8) is 0 Å². The molecule has 0 aliphatic rings. The fourth-order valence-electron chi connectivity index (χ4n) is 1.98. The van der Waals surface area contributed by atoms with E-state index in [4.69, 9.17) is 16.3 Å². The van der Waals surface area contributed by atoms with Gasteiger partial charge in [-0.25, -0.2) is 13.1 Å². The Labute approximate surface area is 132 Å². The van der Waals surface area contributed by atoms with Gasteiger partial charge in [-0.3, -0.25) is 0 Å². The minimum absolute atomic E-state index is 0.0404. The van der Waals surface area contributed by atoms with Crippen LogP contribution >= 0.6 is 11.6 Å². The summed E-state index contributed by atoms with van der Waals surface area (Å²) in [5.74, 6) is 1.29. The molecular weight excluding hydrogens is 310 g/mol. The predicted molar refractivity (Wildman–Crippen MR) is 87.5 cm³/mol. The lowest BCUT2D eigenvalue weighted by Crippen LogP contribution is -2.29. The van der Waals surface area contributed by atoms with E-state index in [0.29, 0.717) is 24.5 Å². The molecule has 4 nitrogen and oxygen atoms in total. The first kappa shape index (κ1) is 18.3. The Bertz CT molecular complexity index is 531. The van der Waals surface area contributed by atoms with Gasteiger partial charge in [-0.2, -0.15) is 0 Å². The number of ether oxygens (including phenoxy) is 1. The highest BCUT2D eigenvalue weighted by atomic mass is 35.5. The molecule has 1 aromatic carbocycles. The minimum atomic E-state index is -3.31. The van der Waals surface area contributed by atoms with E-state index in [1.807, 2.05) is 45.0 Å². The molecule has 0 fully saturated rings. The molecule has 0 saturated heterocycles. The first-order chi connectivity index (χ1) is 9.85. The van der Waals surface area contributed by atoms with Gasteiger partial charge in [-0.15, -0.1) is 11.6 Å². The van der Waals surface area contributed by atoms with Gasteiger partial charge in [0, 0.05) is 17.5 Å². The maximum Gasteiger partial charge on any atom is 0.212 e. The lowest BCUT2D eigenvalue weighted by atomic mass is 10.1. The number of rotatable bonds is 9. The number of halogens is 1. The standard InChI is InChI=1S/C15H24ClNO3S/c1-12(2)20-15-9-5-4-8-14(15)13(3)17-21(18,19)11-7-6-10-16/h4-5,8-9,12-13,17H,6-7,10-11H2,1-3H3. The summed E-state index contributed by atoms with van der Waals surface area (Å²) in [4.78, 5) is 0. The summed E-state index contributed by atoms with van der Waals surface area (Å²) >= 11 is 5.57. The van der Waals surface area contributed by atoms with Crippen molar-refractivity contribution in [2.45, 2.75) is 45.8 Å². The molecule has 1 N–H and O–H groups in total. The van der Waals surface area contributed by atoms with Crippen LogP contribution in [0, 0.1) is 0 Å². The first-order valence-electron chi connectivity index (χ1n) is 7.17. The second-order valence-electron chi connectivity index (χ2n) is 5.26. The molecule has 0 aliphatic heterocycles. The van der Waals surface area contributed by atoms with Crippen LogP contribution in [0.4, 0.5) is 0 Å². The molecule has 1 atom stereocenters. The van der Waals surface area contributed by atoms with Gasteiger partial charge in [-0.1, -0.05) is 18.2 Å². The average molecular weight is 334 g/mol. The van der Waals surface area contributed by atoms with E-state index in [2.05, 4.69) is 4.72 Å². The second-order valence-corrected chi connectivity index (χ2v) is 7.51. The van der Waals surface area contributed by atoms with E-state index in [1.165, 1.54) is 0 Å². The van der Waals surface area contributed by atoms with Crippen LogP contribution in [0.1, 0.15) is 45.2 Å². The SMILES string of the molecule is CC(C)Oc1ccccc1C(C)NS(=O)(=O)CCCCCl. The minimum Gasteiger partial charge on any atom is -0.491 e. The smallest absolute Gasteiger partial charge is 0.212 e. The molecule has 0 aliphatic carbocycles. The maximum atomic E-state index is 12.0. The maximum absolute atomic E-state index is 12.0. The number of alkyl halides is 1. The molecule has 0 radical (unpaired) electrons. The molecule has 1 unspecified atom stereocenters. The topological polar surface area (TPSA) is 55.4 Å². The molecule has 0 aromatic heterocycles. The van der Waals surface area contributed by atoms with Crippen LogP contribution in [-0.2, 0) is 10.0 Å². The zero-order valence-corrected chi connectivity index (χ0v) is 14.4. The normalized spacial score (nSPS) is 13.4. The molecule has 6 heteroatoms. The van der Waals surface area contributed by atoms with Crippen LogP contribution in [0.3, 0.4) is 0 Å². The van der Waals surface area contributed by atoms with Gasteiger partial charge in [-0.05, 0) is 39.7 Å². The molecule has 1 aromatic rings. The van der Waals surface area contributed by atoms with E-state index in [9.17, 15) is 8.42 Å². The molecule has 0 amide bonds. The van der Waals surface area contributed by atoms with Crippen molar-refractivity contribution in [1.29, 1.82) is 0 Å². The van der Waals surface area contributed by atoms with Gasteiger partial charge in [0.2, 0.25) is 10.0 Å². The molecule has 120 valence electrons. The Morgan fingerprint density at radius 2 is 1.86 bits per heavy atom. The lowest BCUT2D eigenvalue weighted by Gasteiger charge is -2.19. The summed E-state index contributed by atoms with van der Waals surface area (Å²) < 4.78 is 32.5. The number of hydrogen-bond donors (Lipinski definition) is 1. The first-order valence-corrected chi connectivity index (χ1v) is 9.36. The largest absolute Gasteiger partial charge is 0.491 e. The summed E-state index contributed by atoms with van der Waals surface area (Å²) in [6, 6.07) is 7.15. The van der Waals surface area contributed by atoms with Gasteiger partial charge in [0.25, 0.3) is 0 Å². The zero-order valence-electron chi connectivity index (χ0n) is 12.8. The van der Waals surface area contributed by atoms with Gasteiger partial charge in [0.1, 0.15) is 5.75 Å². The van der Waals surface area contributed by atoms with Crippen molar-refractivity contribution in [2.75, 3.05) is 11.6 Å². The van der Waals surface area contributed by atoms with Gasteiger partial charge in [0.15, 0.2) is 0 Å². The van der Waals surface area contributed by atoms with Gasteiger partial charge >= 0.3 is 0 Å². The lowest BCUT2D eigenvalue weighted by molar-refractivity contribution is 0.238. The van der Waals surface area contributed by atoms with Crippen LogP contribution in [0.5, 0.6) is 5.75 Å². The number of unbranched alkanes of at least 4 members (excludes halogenated alkanes) is 1. The third kappa shape index (κ3) is 6.68. The van der Waals surface area contributed by atoms with Crippen molar-refractivity contribution >= 4 is 21.6 Å². The number of hydrogen-bond acceptors (Lipinski definition) is 3. The fraction of sp³-hybridized carbons (Fsp3) is 0.600. The highest BCUT2D eigenvalue weighted by Crippen LogP contribution is 2.26. The zero-order chi connectivity index (χ0) is 15.9. The van der Waals surface area contributed by atoms with Gasteiger partial charge < -0.3 is 4.74 Å². The molecule has 0 heterocycles. The number of para-hydroxylation sites is 1. The second kappa shape index (κ2) is 8.61. The molecule has 0 bridgehead atoms. The number of benzene rings is 1. The third-order valence-electron chi connectivity index (χ3n) is 2.90. The highest BCUT2D eigenvalue weighted by Gasteiger charge is 2.18. The van der Waals surface area contributed by atoms with Crippen LogP contribution < -0.4 is 9.46 Å². The monoisotopic (exact) mass is 333 g/mol. The Morgan fingerprint density at radius 1 is 1.19 bits per heavy atom. The van der Waals surface area contributed by atoms with E-state index in [0.717, 1.165) is 5.56 Å². The summed E-state index contributed by atoms with van der Waals surface area (Å²) in [5.41, 5.74) is 0.840. The summed E-state index contributed by atoms with van der Waals surface area (Å²) in [6.07, 6.45) is 1.30. The van der Waals surface area contributed by atoms with Crippen molar-refractivity contribution in [3.8, 4) is 5.75 Å². The highest BCUT2D eigenvalue weighted by molar-refractivity contribution is 7.89. The van der Waals surface area contributed by atoms with Crippen LogP contribution in [0.25, 0.3) is 0 Å². The fourth-order valence-corrected chi connectivity index (χ4v) is 3.53. The quantitative estimate of drug-likeness (QED) is 0.556. The van der Waals surface area contributed by atoms with E-state index in [-0.39, 0.29) is 17.9 Å². The summed E-state index contributed by atoms with van der Waals surface area (Å²) in [6.45, 7) is 5.71. The van der Waals surface area contributed by atoms with Crippen molar-refractivity contribution in [1.82, 2.24) is 4.72 Å². The van der Waals surface area contributed by atoms with E-state index < -0.39 is 10.0 Å². The van der Waals surface area contributed by atoms with Gasteiger partial charge in [0.05, 0.1) is 11.9 Å². The van der Waals surface area contributed by atoms with Crippen LogP contribution in [0.2, 0.25) is 0 Å². The Kier molecular flexibility index (Phi) is 7.49. The number of sulfonamides is 1. The predicted octanol–water partition coefficient (Wildman–Crippen LogP) is 3.47.